The molecule has 0 radical (unpaired) electrons. The Hall–Kier alpha value is -1.10. The van der Waals surface area contributed by atoms with Crippen LogP contribution in [-0.4, -0.2) is 23.6 Å². The number of hydrogen-bond acceptors (Lipinski definition) is 5. The molecule has 2 saturated carbocycles. The summed E-state index contributed by atoms with van der Waals surface area (Å²) in [5, 5.41) is 0. The highest BCUT2D eigenvalue weighted by Crippen LogP contribution is 2.55. The Kier molecular flexibility index (Phi) is 3.08. The van der Waals surface area contributed by atoms with Crippen molar-refractivity contribution < 1.29 is 24.1 Å². The van der Waals surface area contributed by atoms with Crippen LogP contribution in [0.4, 0.5) is 0 Å². The first kappa shape index (κ1) is 13.9. The molecule has 2 bridgehead atoms. The first-order chi connectivity index (χ1) is 9.31. The fraction of sp³-hybridized carbons (Fsp3) is 0.867. The number of fused-ring (bicyclic) bond motifs is 2. The average Bonchev–Trinajstić information content (AvgIpc) is 3.00. The van der Waals surface area contributed by atoms with E-state index < -0.39 is 17.7 Å². The summed E-state index contributed by atoms with van der Waals surface area (Å²) in [4.78, 5) is 33.4. The minimum atomic E-state index is -0.957. The van der Waals surface area contributed by atoms with Crippen LogP contribution in [0.1, 0.15) is 40.5 Å². The maximum absolute atomic E-state index is 12.4. The van der Waals surface area contributed by atoms with E-state index in [0.717, 1.165) is 12.8 Å². The van der Waals surface area contributed by atoms with Crippen LogP contribution in [-0.2, 0) is 24.1 Å². The Balaban J connectivity index is 1.68. The van der Waals surface area contributed by atoms with Gasteiger partial charge in [-0.2, -0.15) is 4.89 Å². The summed E-state index contributed by atoms with van der Waals surface area (Å²) in [5.41, 5.74) is -0.913. The molecular weight excluding hydrogens is 260 g/mol. The van der Waals surface area contributed by atoms with Crippen LogP contribution in [0.3, 0.4) is 0 Å². The van der Waals surface area contributed by atoms with Crippen LogP contribution >= 0.6 is 0 Å². The van der Waals surface area contributed by atoms with E-state index in [1.165, 1.54) is 0 Å². The zero-order chi connectivity index (χ0) is 14.7. The van der Waals surface area contributed by atoms with Crippen molar-refractivity contribution >= 4 is 11.9 Å². The number of ether oxygens (including phenoxy) is 1. The monoisotopic (exact) mass is 282 g/mol. The standard InChI is InChI=1S/C15H22O5/c1-7-8(2)10-5-9(7)6-11(10)13(16)18-12-14(17)19-20-15(12,3)4/h7-12H,5-6H2,1-4H3. The molecule has 0 amide bonds. The van der Waals surface area contributed by atoms with Crippen molar-refractivity contribution in [3.63, 3.8) is 0 Å². The van der Waals surface area contributed by atoms with Gasteiger partial charge in [0.05, 0.1) is 5.92 Å². The van der Waals surface area contributed by atoms with Gasteiger partial charge in [0.2, 0.25) is 6.10 Å². The van der Waals surface area contributed by atoms with Crippen molar-refractivity contribution in [1.29, 1.82) is 0 Å². The first-order valence-corrected chi connectivity index (χ1v) is 7.41. The fourth-order valence-corrected chi connectivity index (χ4v) is 4.12. The van der Waals surface area contributed by atoms with Crippen LogP contribution in [0.15, 0.2) is 0 Å². The zero-order valence-electron chi connectivity index (χ0n) is 12.4. The molecule has 5 heteroatoms. The highest BCUT2D eigenvalue weighted by molar-refractivity contribution is 5.82. The molecule has 0 aromatic carbocycles. The van der Waals surface area contributed by atoms with Crippen molar-refractivity contribution in [3.8, 4) is 0 Å². The van der Waals surface area contributed by atoms with E-state index >= 15 is 0 Å². The van der Waals surface area contributed by atoms with Gasteiger partial charge < -0.3 is 4.74 Å². The molecule has 1 saturated heterocycles. The number of esters is 1. The summed E-state index contributed by atoms with van der Waals surface area (Å²) in [6, 6.07) is 0. The van der Waals surface area contributed by atoms with Crippen LogP contribution in [0, 0.1) is 29.6 Å². The third kappa shape index (κ3) is 1.94. The van der Waals surface area contributed by atoms with Crippen molar-refractivity contribution in [2.24, 2.45) is 29.6 Å². The lowest BCUT2D eigenvalue weighted by molar-refractivity contribution is -0.288. The topological polar surface area (TPSA) is 61.8 Å². The lowest BCUT2D eigenvalue weighted by Gasteiger charge is -2.31. The highest BCUT2D eigenvalue weighted by atomic mass is 17.2. The third-order valence-corrected chi connectivity index (χ3v) is 5.62. The largest absolute Gasteiger partial charge is 0.447 e. The minimum Gasteiger partial charge on any atom is -0.447 e. The number of rotatable bonds is 2. The second kappa shape index (κ2) is 4.45. The lowest BCUT2D eigenvalue weighted by Crippen LogP contribution is -2.42. The molecule has 0 aromatic rings. The van der Waals surface area contributed by atoms with E-state index in [1.807, 2.05) is 0 Å². The Labute approximate surface area is 118 Å². The van der Waals surface area contributed by atoms with Gasteiger partial charge >= 0.3 is 11.9 Å². The minimum absolute atomic E-state index is 0.0737. The van der Waals surface area contributed by atoms with Gasteiger partial charge in [0, 0.05) is 0 Å². The van der Waals surface area contributed by atoms with E-state index in [4.69, 9.17) is 9.62 Å². The average molecular weight is 282 g/mol. The van der Waals surface area contributed by atoms with Crippen LogP contribution in [0.5, 0.6) is 0 Å². The van der Waals surface area contributed by atoms with Gasteiger partial charge in [0.15, 0.2) is 5.60 Å². The van der Waals surface area contributed by atoms with E-state index in [1.54, 1.807) is 13.8 Å². The van der Waals surface area contributed by atoms with Gasteiger partial charge in [0.25, 0.3) is 0 Å². The Morgan fingerprint density at radius 3 is 2.45 bits per heavy atom. The molecule has 6 atom stereocenters. The van der Waals surface area contributed by atoms with Crippen molar-refractivity contribution in [2.75, 3.05) is 0 Å². The van der Waals surface area contributed by atoms with Crippen molar-refractivity contribution in [1.82, 2.24) is 0 Å². The van der Waals surface area contributed by atoms with E-state index in [0.29, 0.717) is 23.7 Å². The highest BCUT2D eigenvalue weighted by Gasteiger charge is 2.54. The molecule has 1 heterocycles. The Morgan fingerprint density at radius 1 is 1.25 bits per heavy atom. The molecule has 3 rings (SSSR count). The maximum Gasteiger partial charge on any atom is 0.385 e. The van der Waals surface area contributed by atoms with Gasteiger partial charge in [-0.05, 0) is 50.4 Å². The number of hydrogen-bond donors (Lipinski definition) is 0. The summed E-state index contributed by atoms with van der Waals surface area (Å²) in [7, 11) is 0. The Morgan fingerprint density at radius 2 is 1.95 bits per heavy atom. The van der Waals surface area contributed by atoms with Gasteiger partial charge in [0.1, 0.15) is 0 Å². The van der Waals surface area contributed by atoms with Crippen LogP contribution < -0.4 is 0 Å². The third-order valence-electron chi connectivity index (χ3n) is 5.62. The number of carbonyl (C=O) groups excluding carboxylic acids is 2. The van der Waals surface area contributed by atoms with Crippen molar-refractivity contribution in [3.05, 3.63) is 0 Å². The smallest absolute Gasteiger partial charge is 0.385 e. The SMILES string of the molecule is CC1C2CC(C(=O)OC3C(=O)OOC3(C)C)C(C2)C1C. The fourth-order valence-electron chi connectivity index (χ4n) is 4.12. The predicted molar refractivity (Wildman–Crippen MR) is 69.2 cm³/mol. The molecule has 1 aliphatic heterocycles. The molecule has 3 fully saturated rings. The molecule has 0 spiro atoms. The molecule has 0 N–H and O–H groups in total. The zero-order valence-corrected chi connectivity index (χ0v) is 12.4. The first-order valence-electron chi connectivity index (χ1n) is 7.41. The molecule has 5 nitrogen and oxygen atoms in total. The molecule has 6 unspecified atom stereocenters. The van der Waals surface area contributed by atoms with E-state index in [2.05, 4.69) is 18.7 Å². The second-order valence-corrected chi connectivity index (χ2v) is 7.13. The van der Waals surface area contributed by atoms with Crippen LogP contribution in [0.25, 0.3) is 0 Å². The molecule has 3 aliphatic rings. The summed E-state index contributed by atoms with van der Waals surface area (Å²) in [5.74, 6) is 1.28. The molecule has 20 heavy (non-hydrogen) atoms. The summed E-state index contributed by atoms with van der Waals surface area (Å²) < 4.78 is 5.42. The normalized spacial score (nSPS) is 45.5. The van der Waals surface area contributed by atoms with Gasteiger partial charge in [-0.25, -0.2) is 4.79 Å². The summed E-state index contributed by atoms with van der Waals surface area (Å²) in [6.45, 7) is 7.84. The quantitative estimate of drug-likeness (QED) is 0.573. The number of carbonyl (C=O) groups is 2. The maximum atomic E-state index is 12.4. The second-order valence-electron chi connectivity index (χ2n) is 7.13. The van der Waals surface area contributed by atoms with Gasteiger partial charge in [-0.1, -0.05) is 13.8 Å². The summed E-state index contributed by atoms with van der Waals surface area (Å²) >= 11 is 0. The van der Waals surface area contributed by atoms with E-state index in [-0.39, 0.29) is 11.9 Å². The van der Waals surface area contributed by atoms with Gasteiger partial charge in [-0.3, -0.25) is 9.68 Å². The van der Waals surface area contributed by atoms with Crippen LogP contribution in [0.2, 0.25) is 0 Å². The van der Waals surface area contributed by atoms with Crippen molar-refractivity contribution in [2.45, 2.75) is 52.2 Å². The molecule has 0 aromatic heterocycles. The lowest BCUT2D eigenvalue weighted by atomic mass is 9.76. The van der Waals surface area contributed by atoms with E-state index in [9.17, 15) is 9.59 Å². The Bertz CT molecular complexity index is 442. The van der Waals surface area contributed by atoms with Gasteiger partial charge in [-0.15, -0.1) is 0 Å². The molecule has 112 valence electrons. The molecule has 2 aliphatic carbocycles. The summed E-state index contributed by atoms with van der Waals surface area (Å²) in [6.07, 6.45) is 1.04. The molecular formula is C15H22O5. The predicted octanol–water partition coefficient (Wildman–Crippen LogP) is 2.09.